The van der Waals surface area contributed by atoms with Crippen LogP contribution in [0.1, 0.15) is 31.9 Å². The molecule has 27 heavy (non-hydrogen) atoms. The lowest BCUT2D eigenvalue weighted by Crippen LogP contribution is -2.36. The molecular formula is C22H26FNO3. The molecular weight excluding hydrogens is 345 g/mol. The number of benzene rings is 2. The van der Waals surface area contributed by atoms with Gasteiger partial charge in [-0.05, 0) is 56.2 Å². The van der Waals surface area contributed by atoms with Gasteiger partial charge in [0.2, 0.25) is 0 Å². The molecule has 0 atom stereocenters. The first-order valence-corrected chi connectivity index (χ1v) is 8.80. The van der Waals surface area contributed by atoms with Crippen molar-refractivity contribution in [2.24, 2.45) is 0 Å². The number of nitrogens with zero attached hydrogens (tertiary/aromatic N) is 1. The van der Waals surface area contributed by atoms with Crippen LogP contribution in [0.4, 0.5) is 9.18 Å². The van der Waals surface area contributed by atoms with Crippen LogP contribution in [0.2, 0.25) is 0 Å². The minimum atomic E-state index is -0.573. The van der Waals surface area contributed by atoms with Crippen LogP contribution >= 0.6 is 0 Å². The third kappa shape index (κ3) is 7.13. The molecule has 4 nitrogen and oxygen atoms in total. The van der Waals surface area contributed by atoms with Crippen molar-refractivity contribution in [1.29, 1.82) is 0 Å². The molecule has 144 valence electrons. The van der Waals surface area contributed by atoms with Crippen molar-refractivity contribution >= 4 is 12.2 Å². The van der Waals surface area contributed by atoms with Gasteiger partial charge in [0.15, 0.2) is 0 Å². The highest BCUT2D eigenvalue weighted by Gasteiger charge is 2.21. The maximum absolute atomic E-state index is 13.0. The van der Waals surface area contributed by atoms with E-state index in [9.17, 15) is 9.18 Å². The summed E-state index contributed by atoms with van der Waals surface area (Å²) in [6.07, 6.45) is 3.33. The first-order chi connectivity index (χ1) is 12.8. The molecule has 5 heteroatoms. The van der Waals surface area contributed by atoms with Crippen molar-refractivity contribution in [2.45, 2.75) is 32.9 Å². The molecule has 0 unspecified atom stereocenters. The van der Waals surface area contributed by atoms with E-state index in [1.165, 1.54) is 12.1 Å². The fraction of sp³-hybridized carbons (Fsp3) is 0.318. The molecule has 0 aliphatic rings. The molecule has 0 saturated carbocycles. The highest BCUT2D eigenvalue weighted by atomic mass is 19.1. The van der Waals surface area contributed by atoms with Crippen LogP contribution in [0.15, 0.2) is 54.6 Å². The zero-order valence-corrected chi connectivity index (χ0v) is 16.2. The maximum Gasteiger partial charge on any atom is 0.410 e. The predicted octanol–water partition coefficient (Wildman–Crippen LogP) is 5.28. The van der Waals surface area contributed by atoms with Crippen LogP contribution in [0.5, 0.6) is 5.75 Å². The summed E-state index contributed by atoms with van der Waals surface area (Å²) >= 11 is 0. The zero-order valence-electron chi connectivity index (χ0n) is 16.2. The van der Waals surface area contributed by atoms with E-state index >= 15 is 0 Å². The van der Waals surface area contributed by atoms with Gasteiger partial charge in [0, 0.05) is 13.1 Å². The van der Waals surface area contributed by atoms with Crippen LogP contribution in [0.25, 0.3) is 6.08 Å². The molecule has 2 aromatic carbocycles. The van der Waals surface area contributed by atoms with E-state index in [0.29, 0.717) is 13.1 Å². The van der Waals surface area contributed by atoms with Gasteiger partial charge in [0.1, 0.15) is 17.2 Å². The highest BCUT2D eigenvalue weighted by molar-refractivity contribution is 5.68. The van der Waals surface area contributed by atoms with Crippen LogP contribution in [0.3, 0.4) is 0 Å². The van der Waals surface area contributed by atoms with E-state index in [2.05, 4.69) is 0 Å². The fourth-order valence-corrected chi connectivity index (χ4v) is 2.37. The topological polar surface area (TPSA) is 38.8 Å². The third-order valence-electron chi connectivity index (χ3n) is 3.69. The van der Waals surface area contributed by atoms with E-state index in [0.717, 1.165) is 16.9 Å². The number of rotatable bonds is 6. The Morgan fingerprint density at radius 2 is 1.70 bits per heavy atom. The number of hydrogen-bond donors (Lipinski definition) is 0. The van der Waals surface area contributed by atoms with Gasteiger partial charge in [0.05, 0.1) is 7.11 Å². The molecule has 0 N–H and O–H groups in total. The van der Waals surface area contributed by atoms with Crippen LogP contribution < -0.4 is 4.74 Å². The number of ether oxygens (including phenoxy) is 2. The van der Waals surface area contributed by atoms with Gasteiger partial charge in [-0.1, -0.05) is 36.4 Å². The minimum Gasteiger partial charge on any atom is -0.497 e. The molecule has 0 spiro atoms. The number of halogens is 1. The van der Waals surface area contributed by atoms with Gasteiger partial charge in [-0.15, -0.1) is 0 Å². The molecule has 0 bridgehead atoms. The van der Waals surface area contributed by atoms with Crippen LogP contribution in [-0.2, 0) is 11.3 Å². The molecule has 0 fully saturated rings. The van der Waals surface area contributed by atoms with Gasteiger partial charge in [-0.25, -0.2) is 9.18 Å². The Kier molecular flexibility index (Phi) is 6.99. The Bertz CT molecular complexity index is 762. The molecule has 0 radical (unpaired) electrons. The summed E-state index contributed by atoms with van der Waals surface area (Å²) in [7, 11) is 1.61. The quantitative estimate of drug-likeness (QED) is 0.693. The van der Waals surface area contributed by atoms with Crippen LogP contribution in [-0.4, -0.2) is 30.2 Å². The van der Waals surface area contributed by atoms with Gasteiger partial charge in [-0.3, -0.25) is 0 Å². The van der Waals surface area contributed by atoms with E-state index in [1.54, 1.807) is 24.1 Å². The van der Waals surface area contributed by atoms with Gasteiger partial charge < -0.3 is 14.4 Å². The third-order valence-corrected chi connectivity index (χ3v) is 3.69. The van der Waals surface area contributed by atoms with E-state index in [4.69, 9.17) is 9.47 Å². The number of hydrogen-bond acceptors (Lipinski definition) is 3. The Balaban J connectivity index is 2.10. The van der Waals surface area contributed by atoms with Crippen molar-refractivity contribution < 1.29 is 18.7 Å². The second-order valence-corrected chi connectivity index (χ2v) is 7.16. The SMILES string of the molecule is COc1ccc(CN(C/C=C/c2ccc(F)cc2)C(=O)OC(C)(C)C)cc1. The van der Waals surface area contributed by atoms with E-state index < -0.39 is 5.60 Å². The number of carbonyl (C=O) groups excluding carboxylic acids is 1. The highest BCUT2D eigenvalue weighted by Crippen LogP contribution is 2.16. The lowest BCUT2D eigenvalue weighted by Gasteiger charge is -2.26. The first-order valence-electron chi connectivity index (χ1n) is 8.80. The average molecular weight is 371 g/mol. The van der Waals surface area contributed by atoms with Crippen molar-refractivity contribution in [2.75, 3.05) is 13.7 Å². The monoisotopic (exact) mass is 371 g/mol. The zero-order chi connectivity index (χ0) is 19.9. The van der Waals surface area contributed by atoms with E-state index in [-0.39, 0.29) is 11.9 Å². The molecule has 0 aliphatic carbocycles. The largest absolute Gasteiger partial charge is 0.497 e. The first kappa shape index (κ1) is 20.5. The molecule has 0 saturated heterocycles. The second kappa shape index (κ2) is 9.21. The summed E-state index contributed by atoms with van der Waals surface area (Å²) in [6, 6.07) is 13.7. The second-order valence-electron chi connectivity index (χ2n) is 7.16. The Labute approximate surface area is 160 Å². The molecule has 0 heterocycles. The van der Waals surface area contributed by atoms with E-state index in [1.807, 2.05) is 57.2 Å². The van der Waals surface area contributed by atoms with Gasteiger partial charge in [-0.2, -0.15) is 0 Å². The van der Waals surface area contributed by atoms with Crippen LogP contribution in [0, 0.1) is 5.82 Å². The maximum atomic E-state index is 13.0. The molecule has 0 aromatic heterocycles. The minimum absolute atomic E-state index is 0.276. The van der Waals surface area contributed by atoms with Crippen molar-refractivity contribution in [3.8, 4) is 5.75 Å². The molecule has 2 rings (SSSR count). The van der Waals surface area contributed by atoms with Crippen molar-refractivity contribution in [3.63, 3.8) is 0 Å². The van der Waals surface area contributed by atoms with Crippen molar-refractivity contribution in [3.05, 3.63) is 71.6 Å². The summed E-state index contributed by atoms with van der Waals surface area (Å²) in [4.78, 5) is 14.2. The fourth-order valence-electron chi connectivity index (χ4n) is 2.37. The Hall–Kier alpha value is -2.82. The Morgan fingerprint density at radius 3 is 2.26 bits per heavy atom. The smallest absolute Gasteiger partial charge is 0.410 e. The standard InChI is InChI=1S/C22H26FNO3/c1-22(2,3)27-21(25)24(16-18-9-13-20(26-4)14-10-18)15-5-6-17-7-11-19(23)12-8-17/h5-14H,15-16H2,1-4H3/b6-5+. The Morgan fingerprint density at radius 1 is 1.07 bits per heavy atom. The lowest BCUT2D eigenvalue weighted by molar-refractivity contribution is 0.0257. The normalized spacial score (nSPS) is 11.4. The summed E-state index contributed by atoms with van der Waals surface area (Å²) in [5.74, 6) is 0.487. The summed E-state index contributed by atoms with van der Waals surface area (Å²) in [6.45, 7) is 6.30. The average Bonchev–Trinajstić information content (AvgIpc) is 2.61. The predicted molar refractivity (Wildman–Crippen MR) is 105 cm³/mol. The number of amides is 1. The molecule has 0 aliphatic heterocycles. The van der Waals surface area contributed by atoms with Gasteiger partial charge in [0.25, 0.3) is 0 Å². The summed E-state index contributed by atoms with van der Waals surface area (Å²) in [5.41, 5.74) is 1.26. The molecule has 1 amide bonds. The number of methoxy groups -OCH3 is 1. The lowest BCUT2D eigenvalue weighted by atomic mass is 10.2. The van der Waals surface area contributed by atoms with Gasteiger partial charge >= 0.3 is 6.09 Å². The van der Waals surface area contributed by atoms with Crippen molar-refractivity contribution in [1.82, 2.24) is 4.90 Å². The summed E-state index contributed by atoms with van der Waals surface area (Å²) < 4.78 is 23.7. The summed E-state index contributed by atoms with van der Waals surface area (Å²) in [5, 5.41) is 0. The number of carbonyl (C=O) groups is 1. The molecule has 2 aromatic rings.